The van der Waals surface area contributed by atoms with Gasteiger partial charge in [-0.15, -0.1) is 16.4 Å². The van der Waals surface area contributed by atoms with Crippen molar-refractivity contribution in [1.82, 2.24) is 19.7 Å². The summed E-state index contributed by atoms with van der Waals surface area (Å²) in [4.78, 5) is 29.6. The van der Waals surface area contributed by atoms with E-state index in [0.29, 0.717) is 34.6 Å². The number of aromatic nitrogens is 4. The number of carbonyl (C=O) groups is 1. The van der Waals surface area contributed by atoms with Gasteiger partial charge in [0.25, 0.3) is 0 Å². The maximum Gasteiger partial charge on any atom is 0.350 e. The van der Waals surface area contributed by atoms with E-state index in [9.17, 15) is 9.59 Å². The second-order valence-electron chi connectivity index (χ2n) is 6.34. The van der Waals surface area contributed by atoms with Crippen molar-refractivity contribution in [3.63, 3.8) is 0 Å². The SMILES string of the molecule is CCCCCn1c(SCc2nc(-c3ccccc3)sc2C(=O)OCC)n[nH]c1=O. The molecule has 0 aliphatic carbocycles. The molecule has 0 atom stereocenters. The van der Waals surface area contributed by atoms with E-state index in [1.807, 2.05) is 30.3 Å². The van der Waals surface area contributed by atoms with Crippen LogP contribution in [0.4, 0.5) is 0 Å². The fraction of sp³-hybridized carbons (Fsp3) is 0.400. The molecule has 1 N–H and O–H groups in total. The Bertz CT molecular complexity index is 995. The number of hydrogen-bond donors (Lipinski definition) is 1. The lowest BCUT2D eigenvalue weighted by molar-refractivity contribution is 0.0531. The Hall–Kier alpha value is -2.39. The number of nitrogens with one attached hydrogen (secondary N) is 1. The van der Waals surface area contributed by atoms with Crippen LogP contribution in [-0.4, -0.2) is 32.3 Å². The molecule has 3 rings (SSSR count). The van der Waals surface area contributed by atoms with Crippen molar-refractivity contribution in [1.29, 1.82) is 0 Å². The topological polar surface area (TPSA) is 89.9 Å². The number of ether oxygens (including phenoxy) is 1. The highest BCUT2D eigenvalue weighted by Crippen LogP contribution is 2.32. The molecule has 3 aromatic rings. The lowest BCUT2D eigenvalue weighted by atomic mass is 10.2. The van der Waals surface area contributed by atoms with Crippen LogP contribution < -0.4 is 5.69 Å². The van der Waals surface area contributed by atoms with Crippen LogP contribution in [0.3, 0.4) is 0 Å². The zero-order chi connectivity index (χ0) is 20.6. The molecule has 0 bridgehead atoms. The van der Waals surface area contributed by atoms with Crippen molar-refractivity contribution >= 4 is 29.1 Å². The molecular weight excluding hydrogens is 408 g/mol. The number of nitrogens with zero attached hydrogens (tertiary/aromatic N) is 3. The molecule has 0 fully saturated rings. The molecule has 0 spiro atoms. The average Bonchev–Trinajstić information content (AvgIpc) is 3.31. The average molecular weight is 433 g/mol. The number of thioether (sulfide) groups is 1. The van der Waals surface area contributed by atoms with Crippen LogP contribution >= 0.6 is 23.1 Å². The van der Waals surface area contributed by atoms with E-state index in [4.69, 9.17) is 4.74 Å². The summed E-state index contributed by atoms with van der Waals surface area (Å²) < 4.78 is 6.86. The molecule has 0 saturated carbocycles. The summed E-state index contributed by atoms with van der Waals surface area (Å²) in [7, 11) is 0. The van der Waals surface area contributed by atoms with Crippen LogP contribution in [0.25, 0.3) is 10.6 Å². The van der Waals surface area contributed by atoms with Crippen LogP contribution in [-0.2, 0) is 17.0 Å². The molecule has 0 aliphatic heterocycles. The second-order valence-corrected chi connectivity index (χ2v) is 8.28. The molecule has 0 amide bonds. The molecule has 29 heavy (non-hydrogen) atoms. The summed E-state index contributed by atoms with van der Waals surface area (Å²) in [5, 5.41) is 8.03. The number of rotatable bonds is 10. The number of unbranched alkanes of at least 4 members (excludes halogenated alkanes) is 2. The Morgan fingerprint density at radius 2 is 2.03 bits per heavy atom. The molecule has 7 nitrogen and oxygen atoms in total. The van der Waals surface area contributed by atoms with Gasteiger partial charge in [-0.25, -0.2) is 19.7 Å². The summed E-state index contributed by atoms with van der Waals surface area (Å²) in [6.07, 6.45) is 3.06. The van der Waals surface area contributed by atoms with E-state index in [1.54, 1.807) is 11.5 Å². The van der Waals surface area contributed by atoms with Gasteiger partial charge in [-0.2, -0.15) is 0 Å². The first kappa shape index (κ1) is 21.3. The fourth-order valence-corrected chi connectivity index (χ4v) is 4.76. The lowest BCUT2D eigenvalue weighted by Crippen LogP contribution is -2.17. The molecule has 2 heterocycles. The van der Waals surface area contributed by atoms with Crippen LogP contribution in [0, 0.1) is 0 Å². The van der Waals surface area contributed by atoms with Gasteiger partial charge in [0.05, 0.1) is 12.3 Å². The third-order valence-electron chi connectivity index (χ3n) is 4.23. The van der Waals surface area contributed by atoms with Gasteiger partial charge >= 0.3 is 11.7 Å². The van der Waals surface area contributed by atoms with Gasteiger partial charge in [-0.05, 0) is 13.3 Å². The number of H-pyrrole nitrogens is 1. The van der Waals surface area contributed by atoms with Crippen LogP contribution in [0.2, 0.25) is 0 Å². The van der Waals surface area contributed by atoms with E-state index in [0.717, 1.165) is 29.8 Å². The van der Waals surface area contributed by atoms with Crippen molar-refractivity contribution in [2.45, 2.75) is 50.6 Å². The van der Waals surface area contributed by atoms with Crippen molar-refractivity contribution in [3.05, 3.63) is 51.4 Å². The third-order valence-corrected chi connectivity index (χ3v) is 6.34. The minimum atomic E-state index is -0.370. The van der Waals surface area contributed by atoms with Crippen LogP contribution in [0.5, 0.6) is 0 Å². The Balaban J connectivity index is 1.82. The predicted octanol–water partition coefficient (Wildman–Crippen LogP) is 4.35. The smallest absolute Gasteiger partial charge is 0.350 e. The normalized spacial score (nSPS) is 11.0. The molecule has 0 radical (unpaired) electrons. The Labute approximate surface area is 177 Å². The van der Waals surface area contributed by atoms with E-state index < -0.39 is 0 Å². The van der Waals surface area contributed by atoms with Crippen molar-refractivity contribution in [3.8, 4) is 10.6 Å². The van der Waals surface area contributed by atoms with Crippen LogP contribution in [0.15, 0.2) is 40.3 Å². The number of esters is 1. The Kier molecular flexibility index (Phi) is 7.65. The largest absolute Gasteiger partial charge is 0.462 e. The number of carbonyl (C=O) groups excluding carboxylic acids is 1. The summed E-state index contributed by atoms with van der Waals surface area (Å²) in [5.74, 6) is 0.0559. The zero-order valence-corrected chi connectivity index (χ0v) is 18.1. The van der Waals surface area contributed by atoms with Crippen molar-refractivity contribution in [2.24, 2.45) is 0 Å². The third kappa shape index (κ3) is 5.36. The minimum absolute atomic E-state index is 0.211. The summed E-state index contributed by atoms with van der Waals surface area (Å²) >= 11 is 2.72. The zero-order valence-electron chi connectivity index (χ0n) is 16.5. The number of thiazole rings is 1. The maximum absolute atomic E-state index is 12.4. The first-order valence-electron chi connectivity index (χ1n) is 9.64. The second kappa shape index (κ2) is 10.4. The highest BCUT2D eigenvalue weighted by molar-refractivity contribution is 7.98. The quantitative estimate of drug-likeness (QED) is 0.291. The first-order chi connectivity index (χ1) is 14.1. The van der Waals surface area contributed by atoms with Crippen LogP contribution in [0.1, 0.15) is 48.5 Å². The molecule has 1 aromatic carbocycles. The maximum atomic E-state index is 12.4. The van der Waals surface area contributed by atoms with Gasteiger partial charge < -0.3 is 4.74 Å². The van der Waals surface area contributed by atoms with E-state index in [2.05, 4.69) is 22.1 Å². The van der Waals surface area contributed by atoms with E-state index in [1.165, 1.54) is 23.1 Å². The fourth-order valence-electron chi connectivity index (χ4n) is 2.77. The van der Waals surface area contributed by atoms with Crippen molar-refractivity contribution < 1.29 is 9.53 Å². The predicted molar refractivity (Wildman–Crippen MR) is 115 cm³/mol. The summed E-state index contributed by atoms with van der Waals surface area (Å²) in [6, 6.07) is 9.74. The summed E-state index contributed by atoms with van der Waals surface area (Å²) in [6.45, 7) is 4.84. The van der Waals surface area contributed by atoms with Gasteiger partial charge in [0, 0.05) is 17.9 Å². The molecule has 9 heteroatoms. The standard InChI is InChI=1S/C20H24N4O3S2/c1-3-5-9-12-24-19(26)22-23-20(24)28-13-15-16(18(25)27-4-2)29-17(21-15)14-10-7-6-8-11-14/h6-8,10-11H,3-5,9,12-13H2,1-2H3,(H,22,26). The summed E-state index contributed by atoms with van der Waals surface area (Å²) in [5.41, 5.74) is 1.39. The van der Waals surface area contributed by atoms with E-state index in [-0.39, 0.29) is 11.7 Å². The van der Waals surface area contributed by atoms with Gasteiger partial charge in [-0.1, -0.05) is 61.9 Å². The molecule has 0 saturated heterocycles. The number of benzene rings is 1. The van der Waals surface area contributed by atoms with E-state index >= 15 is 0 Å². The molecular formula is C20H24N4O3S2. The highest BCUT2D eigenvalue weighted by Gasteiger charge is 2.21. The van der Waals surface area contributed by atoms with Gasteiger partial charge in [0.2, 0.25) is 0 Å². The Morgan fingerprint density at radius 1 is 1.24 bits per heavy atom. The monoisotopic (exact) mass is 432 g/mol. The first-order valence-corrected chi connectivity index (χ1v) is 11.4. The lowest BCUT2D eigenvalue weighted by Gasteiger charge is -2.05. The molecule has 2 aromatic heterocycles. The minimum Gasteiger partial charge on any atom is -0.462 e. The Morgan fingerprint density at radius 3 is 2.76 bits per heavy atom. The molecule has 0 aliphatic rings. The van der Waals surface area contributed by atoms with Crippen molar-refractivity contribution in [2.75, 3.05) is 6.61 Å². The molecule has 154 valence electrons. The van der Waals surface area contributed by atoms with Gasteiger partial charge in [-0.3, -0.25) is 4.57 Å². The molecule has 0 unspecified atom stereocenters. The number of hydrogen-bond acceptors (Lipinski definition) is 7. The van der Waals surface area contributed by atoms with Gasteiger partial charge in [0.1, 0.15) is 9.88 Å². The number of aromatic amines is 1. The highest BCUT2D eigenvalue weighted by atomic mass is 32.2. The van der Waals surface area contributed by atoms with Gasteiger partial charge in [0.15, 0.2) is 5.16 Å².